The summed E-state index contributed by atoms with van der Waals surface area (Å²) in [7, 11) is -4.31. The Balaban J connectivity index is 0.00000228. The van der Waals surface area contributed by atoms with Gasteiger partial charge in [0.05, 0.1) is 28.1 Å². The molecule has 36 heavy (non-hydrogen) atoms. The Hall–Kier alpha value is 0.260. The number of fused-ring (bicyclic) bond motifs is 5. The van der Waals surface area contributed by atoms with Gasteiger partial charge in [-0.05, 0) is 104 Å². The van der Waals surface area contributed by atoms with Crippen molar-refractivity contribution in [1.82, 2.24) is 5.32 Å². The third-order valence-electron chi connectivity index (χ3n) is 10.9. The van der Waals surface area contributed by atoms with Gasteiger partial charge in [0.15, 0.2) is 0 Å². The van der Waals surface area contributed by atoms with Gasteiger partial charge in [-0.2, -0.15) is 0 Å². The molecule has 204 valence electrons. The van der Waals surface area contributed by atoms with Crippen molar-refractivity contribution in [2.75, 3.05) is 12.3 Å². The second-order valence-corrected chi connectivity index (χ2v) is 14.1. The molecule has 0 heterocycles. The summed E-state index contributed by atoms with van der Waals surface area (Å²) in [5, 5.41) is 24.2. The van der Waals surface area contributed by atoms with Crippen molar-refractivity contribution in [3.63, 3.8) is 0 Å². The molecule has 5 N–H and O–H groups in total. The molecule has 0 aliphatic heterocycles. The zero-order chi connectivity index (χ0) is 24.9. The van der Waals surface area contributed by atoms with Crippen LogP contribution in [-0.2, 0) is 14.9 Å². The van der Waals surface area contributed by atoms with Gasteiger partial charge in [0.1, 0.15) is 0 Å². The number of aliphatic hydroxyl groups excluding tert-OH is 2. The molecular weight excluding hydrogens is 493 g/mol. The average Bonchev–Trinajstić information content (AvgIpc) is 3.09. The van der Waals surface area contributed by atoms with Crippen molar-refractivity contribution in [3.8, 4) is 0 Å². The summed E-state index contributed by atoms with van der Waals surface area (Å²) in [4.78, 5) is 12.2. The van der Waals surface area contributed by atoms with Crippen molar-refractivity contribution in [1.29, 1.82) is 0 Å². The molecule has 0 saturated heterocycles. The molecule has 0 bridgehead atoms. The van der Waals surface area contributed by atoms with Gasteiger partial charge in [-0.15, -0.1) is 0 Å². The quantitative estimate of drug-likeness (QED) is 0.285. The maximum atomic E-state index is 12.2. The normalized spacial score (nSPS) is 42.6. The molecule has 0 aromatic heterocycles. The smallest absolute Gasteiger partial charge is 0.748 e. The predicted octanol–water partition coefficient (Wildman–Crippen LogP) is -0.766. The average molecular weight is 540 g/mol. The van der Waals surface area contributed by atoms with E-state index in [2.05, 4.69) is 26.1 Å². The molecular formula is C26H46NNaO7S. The van der Waals surface area contributed by atoms with E-state index in [1.807, 2.05) is 0 Å². The van der Waals surface area contributed by atoms with Crippen LogP contribution in [0.2, 0.25) is 0 Å². The number of hydrogen-bond donors (Lipinski definition) is 3. The van der Waals surface area contributed by atoms with Crippen LogP contribution in [0.4, 0.5) is 0 Å². The minimum Gasteiger partial charge on any atom is -0.748 e. The van der Waals surface area contributed by atoms with Crippen LogP contribution in [0.3, 0.4) is 0 Å². The van der Waals surface area contributed by atoms with Crippen LogP contribution < -0.4 is 34.9 Å². The third kappa shape index (κ3) is 6.35. The predicted molar refractivity (Wildman–Crippen MR) is 132 cm³/mol. The molecule has 0 radical (unpaired) electrons. The summed E-state index contributed by atoms with van der Waals surface area (Å²) in [5.41, 5.74) is 0.399. The number of aliphatic hydroxyl groups is 2. The van der Waals surface area contributed by atoms with Crippen molar-refractivity contribution < 1.29 is 63.0 Å². The summed E-state index contributed by atoms with van der Waals surface area (Å²) in [6.07, 6.45) is 8.78. The minimum absolute atomic E-state index is 0. The van der Waals surface area contributed by atoms with Crippen molar-refractivity contribution in [2.24, 2.45) is 46.3 Å². The molecule has 4 aliphatic rings. The number of nitrogens with one attached hydrogen (secondary N) is 1. The second-order valence-electron chi connectivity index (χ2n) is 12.6. The van der Waals surface area contributed by atoms with Crippen LogP contribution in [0, 0.1) is 46.3 Å². The zero-order valence-electron chi connectivity index (χ0n) is 22.5. The number of rotatable bonds is 7. The minimum atomic E-state index is -4.31. The van der Waals surface area contributed by atoms with Crippen LogP contribution in [0.25, 0.3) is 0 Å². The van der Waals surface area contributed by atoms with Crippen LogP contribution >= 0.6 is 0 Å². The fourth-order valence-electron chi connectivity index (χ4n) is 9.14. The molecule has 8 nitrogen and oxygen atoms in total. The molecule has 10 atom stereocenters. The summed E-state index contributed by atoms with van der Waals surface area (Å²) in [6.45, 7) is 6.96. The molecule has 4 fully saturated rings. The van der Waals surface area contributed by atoms with Gasteiger partial charge in [0.25, 0.3) is 0 Å². The Morgan fingerprint density at radius 1 is 1.06 bits per heavy atom. The third-order valence-corrected chi connectivity index (χ3v) is 11.6. The SMILES string of the molecule is CC(CCC(=O)NCCS(=O)(=O)[O-])C1CC[C@@H]2[C@H]3C(O)C[C@@H]4CC(O)CC[C@]4(C)[C@H]3CC[C@]12C.O.[Na+]. The molecule has 10 heteroatoms. The van der Waals surface area contributed by atoms with E-state index in [9.17, 15) is 28.0 Å². The Morgan fingerprint density at radius 3 is 2.36 bits per heavy atom. The number of amides is 1. The van der Waals surface area contributed by atoms with E-state index < -0.39 is 15.9 Å². The fourth-order valence-corrected chi connectivity index (χ4v) is 9.49. The number of carbonyl (C=O) groups is 1. The maximum absolute atomic E-state index is 12.2. The van der Waals surface area contributed by atoms with Crippen LogP contribution in [0.15, 0.2) is 0 Å². The van der Waals surface area contributed by atoms with Crippen molar-refractivity contribution >= 4 is 16.0 Å². The molecule has 4 aliphatic carbocycles. The molecule has 0 aromatic rings. The molecule has 4 rings (SSSR count). The summed E-state index contributed by atoms with van der Waals surface area (Å²) in [6, 6.07) is 0. The van der Waals surface area contributed by atoms with Crippen LogP contribution in [-0.4, -0.2) is 59.1 Å². The van der Waals surface area contributed by atoms with E-state index in [1.165, 1.54) is 6.42 Å². The van der Waals surface area contributed by atoms with Gasteiger partial charge in [0, 0.05) is 13.0 Å². The first-order valence-corrected chi connectivity index (χ1v) is 15.0. The topological polar surface area (TPSA) is 158 Å². The largest absolute Gasteiger partial charge is 1.00 e. The van der Waals surface area contributed by atoms with Crippen LogP contribution in [0.1, 0.15) is 85.0 Å². The van der Waals surface area contributed by atoms with Crippen molar-refractivity contribution in [2.45, 2.75) is 97.2 Å². The zero-order valence-corrected chi connectivity index (χ0v) is 25.4. The van der Waals surface area contributed by atoms with E-state index >= 15 is 0 Å². The van der Waals surface area contributed by atoms with E-state index in [1.54, 1.807) is 0 Å². The molecule has 1 amide bonds. The van der Waals surface area contributed by atoms with E-state index in [4.69, 9.17) is 0 Å². The van der Waals surface area contributed by atoms with Gasteiger partial charge in [0.2, 0.25) is 5.91 Å². The van der Waals surface area contributed by atoms with E-state index in [-0.39, 0.29) is 70.5 Å². The molecule has 4 saturated carbocycles. The molecule has 4 unspecified atom stereocenters. The maximum Gasteiger partial charge on any atom is 1.00 e. The first-order chi connectivity index (χ1) is 15.8. The summed E-state index contributed by atoms with van der Waals surface area (Å²) < 4.78 is 32.2. The molecule has 0 spiro atoms. The van der Waals surface area contributed by atoms with Gasteiger partial charge in [-0.25, -0.2) is 8.42 Å². The Bertz CT molecular complexity index is 872. The standard InChI is InChI=1S/C26H45NO6S.Na.H2O/c1-16(4-7-23(30)27-12-13-34(31,32)33)19-5-6-20-24-21(9-11-26(19,20)3)25(2)10-8-18(28)14-17(25)15-22(24)29;;/h16-22,24,28-29H,4-15H2,1-3H3,(H,27,30)(H,31,32,33);;1H2/q;+1;/p-1/t16?,17-,18?,19?,20+,21-,22?,24+,25-,26+;;/m0../s1. The van der Waals surface area contributed by atoms with Crippen molar-refractivity contribution in [3.05, 3.63) is 0 Å². The first-order valence-electron chi connectivity index (χ1n) is 13.4. The van der Waals surface area contributed by atoms with Gasteiger partial charge in [-0.1, -0.05) is 20.8 Å². The number of hydrogen-bond acceptors (Lipinski definition) is 6. The Morgan fingerprint density at radius 2 is 1.69 bits per heavy atom. The van der Waals surface area contributed by atoms with Gasteiger partial charge in [-0.3, -0.25) is 4.79 Å². The summed E-state index contributed by atoms with van der Waals surface area (Å²) in [5.74, 6) is 1.92. The summed E-state index contributed by atoms with van der Waals surface area (Å²) >= 11 is 0. The van der Waals surface area contributed by atoms with E-state index in [0.717, 1.165) is 51.4 Å². The number of carbonyl (C=O) groups excluding carboxylic acids is 1. The second kappa shape index (κ2) is 12.2. The Kier molecular flexibility index (Phi) is 11.0. The van der Waals surface area contributed by atoms with E-state index in [0.29, 0.717) is 41.9 Å². The first kappa shape index (κ1) is 32.5. The van der Waals surface area contributed by atoms with Gasteiger partial charge >= 0.3 is 29.6 Å². The van der Waals surface area contributed by atoms with Gasteiger partial charge < -0.3 is 25.6 Å². The molecule has 0 aromatic carbocycles. The fraction of sp³-hybridized carbons (Fsp3) is 0.962. The monoisotopic (exact) mass is 539 g/mol. The Labute approximate surface area is 239 Å². The van der Waals surface area contributed by atoms with Crippen LogP contribution in [0.5, 0.6) is 0 Å².